The zero-order valence-corrected chi connectivity index (χ0v) is 14.5. The number of hydrogen-bond donors (Lipinski definition) is 1. The number of ether oxygens (including phenoxy) is 2. The van der Waals surface area contributed by atoms with E-state index in [1.807, 2.05) is 22.6 Å². The van der Waals surface area contributed by atoms with Gasteiger partial charge in [0.1, 0.15) is 11.5 Å². The first-order valence-corrected chi connectivity index (χ1v) is 7.51. The summed E-state index contributed by atoms with van der Waals surface area (Å²) < 4.78 is 10.8. The second kappa shape index (κ2) is 7.27. The smallest absolute Gasteiger partial charge is 0.270 e. The van der Waals surface area contributed by atoms with Crippen LogP contribution in [0.15, 0.2) is 36.4 Å². The minimum absolute atomic E-state index is 0.0621. The summed E-state index contributed by atoms with van der Waals surface area (Å²) in [6.07, 6.45) is 0. The first kappa shape index (κ1) is 17.0. The number of non-ortho nitro benzene ring substituents is 1. The molecule has 0 bridgehead atoms. The number of anilines is 1. The van der Waals surface area contributed by atoms with Crippen LogP contribution >= 0.6 is 22.6 Å². The lowest BCUT2D eigenvalue weighted by Crippen LogP contribution is -2.14. The van der Waals surface area contributed by atoms with E-state index in [1.165, 1.54) is 32.4 Å². The van der Waals surface area contributed by atoms with Gasteiger partial charge in [0.05, 0.1) is 30.4 Å². The van der Waals surface area contributed by atoms with Crippen molar-refractivity contribution in [1.29, 1.82) is 0 Å². The van der Waals surface area contributed by atoms with Crippen molar-refractivity contribution in [3.8, 4) is 11.5 Å². The molecule has 0 fully saturated rings. The first-order chi connectivity index (χ1) is 11.0. The minimum atomic E-state index is -0.504. The van der Waals surface area contributed by atoms with E-state index in [2.05, 4.69) is 5.32 Å². The Balaban J connectivity index is 2.27. The van der Waals surface area contributed by atoms with Crippen LogP contribution in [0.2, 0.25) is 0 Å². The molecule has 1 N–H and O–H groups in total. The van der Waals surface area contributed by atoms with E-state index in [4.69, 9.17) is 9.47 Å². The Kier molecular flexibility index (Phi) is 5.37. The molecular weight excluding hydrogens is 415 g/mol. The fourth-order valence-electron chi connectivity index (χ4n) is 1.89. The highest BCUT2D eigenvalue weighted by atomic mass is 127. The van der Waals surface area contributed by atoms with Crippen molar-refractivity contribution >= 4 is 39.9 Å². The molecule has 0 radical (unpaired) electrons. The average Bonchev–Trinajstić information content (AvgIpc) is 2.54. The molecule has 0 aromatic heterocycles. The van der Waals surface area contributed by atoms with Gasteiger partial charge in [0.25, 0.3) is 11.6 Å². The highest BCUT2D eigenvalue weighted by molar-refractivity contribution is 14.1. The van der Waals surface area contributed by atoms with E-state index >= 15 is 0 Å². The van der Waals surface area contributed by atoms with Crippen LogP contribution in [0.3, 0.4) is 0 Å². The molecule has 2 aromatic carbocycles. The number of amides is 1. The predicted octanol–water partition coefficient (Wildman–Crippen LogP) is 3.47. The molecule has 1 amide bonds. The van der Waals surface area contributed by atoms with Gasteiger partial charge in [-0.15, -0.1) is 0 Å². The molecule has 0 spiro atoms. The van der Waals surface area contributed by atoms with Gasteiger partial charge >= 0.3 is 0 Å². The van der Waals surface area contributed by atoms with Gasteiger partial charge < -0.3 is 14.8 Å². The minimum Gasteiger partial charge on any atom is -0.497 e. The summed E-state index contributed by atoms with van der Waals surface area (Å²) in [4.78, 5) is 22.6. The summed E-state index contributed by atoms with van der Waals surface area (Å²) >= 11 is 1.89. The van der Waals surface area contributed by atoms with Crippen molar-refractivity contribution in [3.05, 3.63) is 55.6 Å². The standard InChI is InChI=1S/C15H13IN2O5/c1-22-10-4-6-13(14(8-10)23-2)17-15(19)11-5-3-9(18(20)21)7-12(11)16/h3-8H,1-2H3,(H,17,19). The molecule has 0 aliphatic heterocycles. The van der Waals surface area contributed by atoms with Crippen LogP contribution in [0.5, 0.6) is 11.5 Å². The third kappa shape index (κ3) is 3.89. The molecule has 0 saturated carbocycles. The molecule has 0 atom stereocenters. The fraction of sp³-hybridized carbons (Fsp3) is 0.133. The number of hydrogen-bond acceptors (Lipinski definition) is 5. The number of nitrogens with zero attached hydrogens (tertiary/aromatic N) is 1. The maximum absolute atomic E-state index is 12.4. The van der Waals surface area contributed by atoms with Gasteiger partial charge in [-0.1, -0.05) is 0 Å². The van der Waals surface area contributed by atoms with E-state index in [0.717, 1.165) is 0 Å². The van der Waals surface area contributed by atoms with Gasteiger partial charge in [-0.25, -0.2) is 0 Å². The maximum Gasteiger partial charge on any atom is 0.270 e. The molecule has 120 valence electrons. The van der Waals surface area contributed by atoms with Crippen LogP contribution in [-0.2, 0) is 0 Å². The third-order valence-electron chi connectivity index (χ3n) is 3.07. The number of carbonyl (C=O) groups is 1. The van der Waals surface area contributed by atoms with Gasteiger partial charge in [0.2, 0.25) is 0 Å². The van der Waals surface area contributed by atoms with Crippen LogP contribution in [0, 0.1) is 13.7 Å². The van der Waals surface area contributed by atoms with Crippen molar-refractivity contribution in [3.63, 3.8) is 0 Å². The maximum atomic E-state index is 12.4. The van der Waals surface area contributed by atoms with E-state index in [9.17, 15) is 14.9 Å². The van der Waals surface area contributed by atoms with Crippen molar-refractivity contribution in [1.82, 2.24) is 0 Å². The quantitative estimate of drug-likeness (QED) is 0.448. The number of nitro benzene ring substituents is 1. The number of benzene rings is 2. The average molecular weight is 428 g/mol. The van der Waals surface area contributed by atoms with Crippen molar-refractivity contribution in [2.45, 2.75) is 0 Å². The molecular formula is C15H13IN2O5. The summed E-state index contributed by atoms with van der Waals surface area (Å²) in [6.45, 7) is 0. The number of rotatable bonds is 5. The van der Waals surface area contributed by atoms with Crippen LogP contribution < -0.4 is 14.8 Å². The van der Waals surface area contributed by atoms with Crippen LogP contribution in [0.1, 0.15) is 10.4 Å². The Morgan fingerprint density at radius 1 is 1.17 bits per heavy atom. The Morgan fingerprint density at radius 3 is 2.48 bits per heavy atom. The Morgan fingerprint density at radius 2 is 1.91 bits per heavy atom. The summed E-state index contributed by atoms with van der Waals surface area (Å²) in [5, 5.41) is 13.5. The van der Waals surface area contributed by atoms with Crippen LogP contribution in [0.4, 0.5) is 11.4 Å². The highest BCUT2D eigenvalue weighted by Crippen LogP contribution is 2.30. The van der Waals surface area contributed by atoms with Crippen LogP contribution in [-0.4, -0.2) is 25.1 Å². The van der Waals surface area contributed by atoms with E-state index in [0.29, 0.717) is 26.3 Å². The second-order valence-corrected chi connectivity index (χ2v) is 5.60. The molecule has 0 heterocycles. The number of methoxy groups -OCH3 is 2. The highest BCUT2D eigenvalue weighted by Gasteiger charge is 2.16. The summed E-state index contributed by atoms with van der Waals surface area (Å²) in [7, 11) is 3.02. The molecule has 2 aromatic rings. The normalized spacial score (nSPS) is 10.0. The van der Waals surface area contributed by atoms with Gasteiger partial charge in [0, 0.05) is 21.8 Å². The molecule has 23 heavy (non-hydrogen) atoms. The molecule has 7 nitrogen and oxygen atoms in total. The molecule has 0 unspecified atom stereocenters. The van der Waals surface area contributed by atoms with Gasteiger partial charge in [0.15, 0.2) is 0 Å². The lowest BCUT2D eigenvalue weighted by molar-refractivity contribution is -0.384. The van der Waals surface area contributed by atoms with Crippen molar-refractivity contribution < 1.29 is 19.2 Å². The first-order valence-electron chi connectivity index (χ1n) is 6.43. The molecule has 0 aliphatic carbocycles. The summed E-state index contributed by atoms with van der Waals surface area (Å²) in [5.74, 6) is 0.673. The van der Waals surface area contributed by atoms with Crippen LogP contribution in [0.25, 0.3) is 0 Å². The van der Waals surface area contributed by atoms with Crippen molar-refractivity contribution in [2.24, 2.45) is 0 Å². The largest absolute Gasteiger partial charge is 0.497 e. The topological polar surface area (TPSA) is 90.7 Å². The number of nitro groups is 1. The zero-order valence-electron chi connectivity index (χ0n) is 12.3. The second-order valence-electron chi connectivity index (χ2n) is 4.44. The van der Waals surface area contributed by atoms with E-state index < -0.39 is 4.92 Å². The lowest BCUT2D eigenvalue weighted by Gasteiger charge is -2.12. The predicted molar refractivity (Wildman–Crippen MR) is 93.3 cm³/mol. The Bertz CT molecular complexity index is 764. The molecule has 0 aliphatic rings. The van der Waals surface area contributed by atoms with Gasteiger partial charge in [-0.2, -0.15) is 0 Å². The van der Waals surface area contributed by atoms with Crippen molar-refractivity contribution in [2.75, 3.05) is 19.5 Å². The SMILES string of the molecule is COc1ccc(NC(=O)c2ccc([N+](=O)[O-])cc2I)c(OC)c1. The number of halogens is 1. The number of carbonyl (C=O) groups excluding carboxylic acids is 1. The molecule has 2 rings (SSSR count). The monoisotopic (exact) mass is 428 g/mol. The fourth-order valence-corrected chi connectivity index (χ4v) is 2.64. The molecule has 8 heteroatoms. The Labute approximate surface area is 145 Å². The summed E-state index contributed by atoms with van der Waals surface area (Å²) in [6, 6.07) is 9.07. The number of nitrogens with one attached hydrogen (secondary N) is 1. The van der Waals surface area contributed by atoms with Gasteiger partial charge in [-0.3, -0.25) is 14.9 Å². The Hall–Kier alpha value is -2.36. The summed E-state index contributed by atoms with van der Waals surface area (Å²) in [5.41, 5.74) is 0.759. The zero-order chi connectivity index (χ0) is 17.0. The van der Waals surface area contributed by atoms with E-state index in [1.54, 1.807) is 18.2 Å². The van der Waals surface area contributed by atoms with E-state index in [-0.39, 0.29) is 11.6 Å². The van der Waals surface area contributed by atoms with Gasteiger partial charge in [-0.05, 0) is 40.8 Å². The third-order valence-corrected chi connectivity index (χ3v) is 3.96. The lowest BCUT2D eigenvalue weighted by atomic mass is 10.2. The molecule has 0 saturated heterocycles.